The molecule has 0 amide bonds. The third-order valence-electron chi connectivity index (χ3n) is 5.24. The second-order valence-electron chi connectivity index (χ2n) is 6.65. The first-order chi connectivity index (χ1) is 8.60. The highest BCUT2D eigenvalue weighted by atomic mass is 15.6. The van der Waals surface area contributed by atoms with E-state index in [9.17, 15) is 0 Å². The van der Waals surface area contributed by atoms with Crippen molar-refractivity contribution in [3.05, 3.63) is 0 Å². The molecule has 1 saturated carbocycles. The van der Waals surface area contributed by atoms with Crippen LogP contribution in [0.3, 0.4) is 0 Å². The summed E-state index contributed by atoms with van der Waals surface area (Å²) >= 11 is 0. The summed E-state index contributed by atoms with van der Waals surface area (Å²) < 4.78 is 0. The van der Waals surface area contributed by atoms with E-state index in [4.69, 9.17) is 5.73 Å². The first-order valence-corrected chi connectivity index (χ1v) is 7.86. The van der Waals surface area contributed by atoms with Crippen molar-refractivity contribution in [1.82, 2.24) is 10.4 Å². The van der Waals surface area contributed by atoms with E-state index in [0.29, 0.717) is 12.1 Å². The summed E-state index contributed by atoms with van der Waals surface area (Å²) in [5.74, 6) is 0.872. The Morgan fingerprint density at radius 3 is 2.39 bits per heavy atom. The molecule has 3 N–H and O–H groups in total. The molecule has 4 atom stereocenters. The number of nitrogens with two attached hydrogens (primary N) is 1. The Balaban J connectivity index is 2.01. The molecule has 3 nitrogen and oxygen atoms in total. The molecule has 2 fully saturated rings. The molecular weight excluding hydrogens is 222 g/mol. The summed E-state index contributed by atoms with van der Waals surface area (Å²) in [5, 5.41) is 2.51. The quantitative estimate of drug-likeness (QED) is 0.809. The van der Waals surface area contributed by atoms with Crippen LogP contribution in [-0.4, -0.2) is 29.2 Å². The van der Waals surface area contributed by atoms with Crippen molar-refractivity contribution in [2.24, 2.45) is 11.7 Å². The summed E-state index contributed by atoms with van der Waals surface area (Å²) in [6.07, 6.45) is 9.15. The molecule has 4 unspecified atom stereocenters. The maximum Gasteiger partial charge on any atom is 0.0451 e. The van der Waals surface area contributed by atoms with Crippen LogP contribution in [0.15, 0.2) is 0 Å². The Labute approximate surface area is 112 Å². The van der Waals surface area contributed by atoms with Crippen molar-refractivity contribution in [3.63, 3.8) is 0 Å². The van der Waals surface area contributed by atoms with Crippen molar-refractivity contribution in [1.29, 1.82) is 0 Å². The highest BCUT2D eigenvalue weighted by Gasteiger charge is 2.40. The van der Waals surface area contributed by atoms with Crippen LogP contribution in [0.2, 0.25) is 0 Å². The molecule has 106 valence electrons. The lowest BCUT2D eigenvalue weighted by Gasteiger charge is -2.45. The van der Waals surface area contributed by atoms with E-state index in [1.54, 1.807) is 0 Å². The van der Waals surface area contributed by atoms with Gasteiger partial charge in [-0.25, -0.2) is 10.4 Å². The van der Waals surface area contributed by atoms with Crippen molar-refractivity contribution >= 4 is 0 Å². The summed E-state index contributed by atoms with van der Waals surface area (Å²) in [7, 11) is 0. The second kappa shape index (κ2) is 5.89. The Kier molecular flexibility index (Phi) is 4.68. The first-order valence-electron chi connectivity index (χ1n) is 7.86. The highest BCUT2D eigenvalue weighted by molar-refractivity contribution is 4.97. The molecule has 3 heteroatoms. The van der Waals surface area contributed by atoms with Crippen molar-refractivity contribution < 1.29 is 0 Å². The topological polar surface area (TPSA) is 41.3 Å². The van der Waals surface area contributed by atoms with Gasteiger partial charge in [-0.05, 0) is 51.9 Å². The molecule has 1 heterocycles. The van der Waals surface area contributed by atoms with Gasteiger partial charge in [-0.15, -0.1) is 0 Å². The normalized spacial score (nSPS) is 42.3. The Morgan fingerprint density at radius 1 is 1.22 bits per heavy atom. The number of hydrogen-bond donors (Lipinski definition) is 2. The molecular formula is C15H31N3. The third-order valence-corrected chi connectivity index (χ3v) is 5.24. The lowest BCUT2D eigenvalue weighted by atomic mass is 9.94. The predicted molar refractivity (Wildman–Crippen MR) is 77.2 cm³/mol. The summed E-state index contributed by atoms with van der Waals surface area (Å²) in [6, 6.07) is 1.30. The fraction of sp³-hybridized carbons (Fsp3) is 1.00. The number of nitrogens with zero attached hydrogens (tertiary/aromatic N) is 1. The van der Waals surface area contributed by atoms with Crippen LogP contribution in [0.4, 0.5) is 0 Å². The smallest absolute Gasteiger partial charge is 0.0451 e. The van der Waals surface area contributed by atoms with E-state index in [2.05, 4.69) is 31.2 Å². The zero-order valence-electron chi connectivity index (χ0n) is 12.4. The number of hydrogen-bond acceptors (Lipinski definition) is 3. The van der Waals surface area contributed by atoms with Crippen LogP contribution < -0.4 is 11.2 Å². The maximum atomic E-state index is 6.10. The van der Waals surface area contributed by atoms with E-state index in [1.807, 2.05) is 0 Å². The third kappa shape index (κ3) is 2.89. The average Bonchev–Trinajstić information content (AvgIpc) is 2.78. The van der Waals surface area contributed by atoms with Crippen molar-refractivity contribution in [2.75, 3.05) is 6.54 Å². The first kappa shape index (κ1) is 14.3. The standard InChI is InChI=1S/C15H31N3/c1-4-14-8-9-15(10-14,11-16)17-18-12(2)6-5-7-13(18)3/h12-14,17H,4-11,16H2,1-3H3. The molecule has 1 aliphatic heterocycles. The van der Waals surface area contributed by atoms with E-state index in [-0.39, 0.29) is 5.54 Å². The lowest BCUT2D eigenvalue weighted by Crippen LogP contribution is -2.62. The monoisotopic (exact) mass is 253 g/mol. The Morgan fingerprint density at radius 2 is 1.89 bits per heavy atom. The number of hydrazine groups is 1. The Hall–Kier alpha value is -0.120. The average molecular weight is 253 g/mol. The zero-order chi connectivity index (χ0) is 13.2. The maximum absolute atomic E-state index is 6.10. The predicted octanol–water partition coefficient (Wildman–Crippen LogP) is 2.66. The summed E-state index contributed by atoms with van der Waals surface area (Å²) in [4.78, 5) is 0. The molecule has 0 radical (unpaired) electrons. The second-order valence-corrected chi connectivity index (χ2v) is 6.65. The van der Waals surface area contributed by atoms with Crippen LogP contribution in [-0.2, 0) is 0 Å². The molecule has 1 aliphatic carbocycles. The molecule has 0 aromatic carbocycles. The fourth-order valence-corrected chi connectivity index (χ4v) is 3.83. The van der Waals surface area contributed by atoms with Gasteiger partial charge in [0.1, 0.15) is 0 Å². The van der Waals surface area contributed by atoms with Gasteiger partial charge in [0.05, 0.1) is 0 Å². The summed E-state index contributed by atoms with van der Waals surface area (Å²) in [5.41, 5.74) is 10.1. The van der Waals surface area contributed by atoms with Crippen molar-refractivity contribution in [2.45, 2.75) is 83.3 Å². The Bertz CT molecular complexity index is 258. The molecule has 1 saturated heterocycles. The van der Waals surface area contributed by atoms with Crippen LogP contribution >= 0.6 is 0 Å². The van der Waals surface area contributed by atoms with Crippen LogP contribution in [0.25, 0.3) is 0 Å². The zero-order valence-corrected chi connectivity index (χ0v) is 12.4. The number of piperidine rings is 1. The van der Waals surface area contributed by atoms with Crippen molar-refractivity contribution in [3.8, 4) is 0 Å². The summed E-state index contributed by atoms with van der Waals surface area (Å²) in [6.45, 7) is 7.78. The molecule has 0 aromatic heterocycles. The fourth-order valence-electron chi connectivity index (χ4n) is 3.83. The minimum absolute atomic E-state index is 0.181. The minimum Gasteiger partial charge on any atom is -0.329 e. The SMILES string of the molecule is CCC1CCC(CN)(NN2C(C)CCCC2C)C1. The van der Waals surface area contributed by atoms with Gasteiger partial charge in [-0.2, -0.15) is 0 Å². The van der Waals surface area contributed by atoms with E-state index < -0.39 is 0 Å². The number of nitrogens with one attached hydrogen (secondary N) is 1. The van der Waals surface area contributed by atoms with Crippen LogP contribution in [0, 0.1) is 5.92 Å². The molecule has 0 spiro atoms. The van der Waals surface area contributed by atoms with Gasteiger partial charge in [0.25, 0.3) is 0 Å². The van der Waals surface area contributed by atoms with Gasteiger partial charge in [-0.1, -0.05) is 19.8 Å². The minimum atomic E-state index is 0.181. The van der Waals surface area contributed by atoms with Gasteiger partial charge in [-0.3, -0.25) is 0 Å². The number of rotatable bonds is 4. The molecule has 0 aromatic rings. The van der Waals surface area contributed by atoms with E-state index in [1.165, 1.54) is 44.9 Å². The molecule has 2 rings (SSSR count). The molecule has 0 bridgehead atoms. The van der Waals surface area contributed by atoms with Gasteiger partial charge < -0.3 is 5.73 Å². The van der Waals surface area contributed by atoms with E-state index >= 15 is 0 Å². The lowest BCUT2D eigenvalue weighted by molar-refractivity contribution is 0.00227. The van der Waals surface area contributed by atoms with E-state index in [0.717, 1.165) is 12.5 Å². The van der Waals surface area contributed by atoms with Gasteiger partial charge in [0.15, 0.2) is 0 Å². The van der Waals surface area contributed by atoms with Gasteiger partial charge in [0, 0.05) is 24.2 Å². The molecule has 2 aliphatic rings. The van der Waals surface area contributed by atoms with Crippen LogP contribution in [0.5, 0.6) is 0 Å². The largest absolute Gasteiger partial charge is 0.329 e. The molecule has 18 heavy (non-hydrogen) atoms. The van der Waals surface area contributed by atoms with Gasteiger partial charge >= 0.3 is 0 Å². The highest BCUT2D eigenvalue weighted by Crippen LogP contribution is 2.37. The van der Waals surface area contributed by atoms with Crippen LogP contribution in [0.1, 0.15) is 65.7 Å². The van der Waals surface area contributed by atoms with Gasteiger partial charge in [0.2, 0.25) is 0 Å².